The van der Waals surface area contributed by atoms with Crippen LogP contribution in [0.3, 0.4) is 0 Å². The van der Waals surface area contributed by atoms with E-state index in [4.69, 9.17) is 15.7 Å². The van der Waals surface area contributed by atoms with Crippen molar-refractivity contribution in [3.05, 3.63) is 97.1 Å². The highest BCUT2D eigenvalue weighted by molar-refractivity contribution is 5.92. The highest BCUT2D eigenvalue weighted by atomic mass is 15.3. The molecule has 1 aliphatic heterocycles. The molecule has 2 fully saturated rings. The fraction of sp³-hybridized carbons (Fsp3) is 0.265. The second-order valence-electron chi connectivity index (χ2n) is 11.7. The predicted molar refractivity (Wildman–Crippen MR) is 168 cm³/mol. The second kappa shape index (κ2) is 10.1. The van der Waals surface area contributed by atoms with Gasteiger partial charge in [-0.2, -0.15) is 0 Å². The molecule has 1 saturated carbocycles. The summed E-state index contributed by atoms with van der Waals surface area (Å²) in [4.78, 5) is 19.9. The molecule has 2 aliphatic rings. The molecule has 8 nitrogen and oxygen atoms in total. The van der Waals surface area contributed by atoms with Crippen LogP contribution in [0.5, 0.6) is 0 Å². The van der Waals surface area contributed by atoms with Gasteiger partial charge in [-0.05, 0) is 44.2 Å². The molecule has 0 unspecified atom stereocenters. The molecule has 0 bridgehead atoms. The Kier molecular flexibility index (Phi) is 6.05. The molecule has 1 aliphatic carbocycles. The lowest BCUT2D eigenvalue weighted by atomic mass is 9.78. The number of likely N-dealkylation sites (N-methyl/N-ethyl adjacent to an activating group) is 1. The number of rotatable bonds is 5. The number of nitrogens with zero attached hydrogens (tertiary/aromatic N) is 7. The molecule has 0 amide bonds. The molecule has 6 aromatic rings. The maximum absolute atomic E-state index is 6.51. The van der Waals surface area contributed by atoms with Crippen LogP contribution in [0.2, 0.25) is 0 Å². The average molecular weight is 555 g/mol. The third-order valence-corrected chi connectivity index (χ3v) is 9.12. The summed E-state index contributed by atoms with van der Waals surface area (Å²) >= 11 is 0. The van der Waals surface area contributed by atoms with Crippen LogP contribution in [0.15, 0.2) is 91.3 Å². The van der Waals surface area contributed by atoms with Gasteiger partial charge >= 0.3 is 0 Å². The van der Waals surface area contributed by atoms with Gasteiger partial charge < -0.3 is 10.6 Å². The lowest BCUT2D eigenvalue weighted by molar-refractivity contribution is 0.0586. The number of para-hydroxylation sites is 1. The van der Waals surface area contributed by atoms with Crippen molar-refractivity contribution in [3.63, 3.8) is 0 Å². The Hall–Kier alpha value is -4.53. The summed E-state index contributed by atoms with van der Waals surface area (Å²) in [5, 5.41) is 0. The molecule has 0 spiro atoms. The van der Waals surface area contributed by atoms with E-state index in [1.54, 1.807) is 6.20 Å². The van der Waals surface area contributed by atoms with Gasteiger partial charge in [-0.3, -0.25) is 13.9 Å². The SMILES string of the molecule is CN1CCN([C@H]2C[C@@H](c3nc(-c4ccc5c(c4)nc(-c4ccccc4)n5-c4ccccc4)c4c(N)nccn43)C2)CC1. The summed E-state index contributed by atoms with van der Waals surface area (Å²) in [7, 11) is 2.21. The first-order valence-electron chi connectivity index (χ1n) is 14.8. The van der Waals surface area contributed by atoms with Gasteiger partial charge in [0.15, 0.2) is 0 Å². The number of fused-ring (bicyclic) bond motifs is 2. The zero-order chi connectivity index (χ0) is 28.2. The van der Waals surface area contributed by atoms with Crippen molar-refractivity contribution in [3.8, 4) is 28.3 Å². The molecule has 8 heteroatoms. The van der Waals surface area contributed by atoms with Gasteiger partial charge in [0.1, 0.15) is 28.7 Å². The van der Waals surface area contributed by atoms with Crippen molar-refractivity contribution in [1.82, 2.24) is 33.7 Å². The molecule has 3 aromatic heterocycles. The molecular weight excluding hydrogens is 520 g/mol. The van der Waals surface area contributed by atoms with Crippen LogP contribution in [0, 0.1) is 0 Å². The molecule has 8 rings (SSSR count). The van der Waals surface area contributed by atoms with E-state index in [2.05, 4.69) is 97.5 Å². The van der Waals surface area contributed by atoms with Crippen LogP contribution in [0.25, 0.3) is 44.9 Å². The smallest absolute Gasteiger partial charge is 0.150 e. The van der Waals surface area contributed by atoms with Crippen LogP contribution < -0.4 is 5.73 Å². The number of hydrogen-bond acceptors (Lipinski definition) is 6. The number of piperazine rings is 1. The van der Waals surface area contributed by atoms with Gasteiger partial charge in [0.25, 0.3) is 0 Å². The summed E-state index contributed by atoms with van der Waals surface area (Å²) in [5.41, 5.74) is 13.4. The first-order valence-corrected chi connectivity index (χ1v) is 14.8. The third-order valence-electron chi connectivity index (χ3n) is 9.12. The molecule has 210 valence electrons. The molecule has 42 heavy (non-hydrogen) atoms. The Morgan fingerprint density at radius 2 is 1.55 bits per heavy atom. The number of nitrogen functional groups attached to an aromatic ring is 1. The molecule has 4 heterocycles. The maximum atomic E-state index is 6.51. The van der Waals surface area contributed by atoms with Crippen LogP contribution >= 0.6 is 0 Å². The second-order valence-corrected chi connectivity index (χ2v) is 11.7. The van der Waals surface area contributed by atoms with Crippen LogP contribution in [-0.4, -0.2) is 73.0 Å². The van der Waals surface area contributed by atoms with E-state index in [-0.39, 0.29) is 0 Å². The van der Waals surface area contributed by atoms with E-state index in [1.165, 1.54) is 0 Å². The Balaban J connectivity index is 1.20. The minimum atomic E-state index is 0.406. The molecule has 2 N–H and O–H groups in total. The van der Waals surface area contributed by atoms with E-state index in [9.17, 15) is 0 Å². The standard InChI is InChI=1S/C34H34N8/c1-39-16-18-40(19-17-39)27-20-25(21-27)33-38-30(31-32(35)36-14-15-41(31)33)24-12-13-29-28(22-24)37-34(23-8-4-2-5-9-23)42(29)26-10-6-3-7-11-26/h2-15,22,25,27H,16-21H2,1H3,(H2,35,36)/t25-,27+. The quantitative estimate of drug-likeness (QED) is 0.304. The Morgan fingerprint density at radius 3 is 2.31 bits per heavy atom. The lowest BCUT2D eigenvalue weighted by Gasteiger charge is -2.45. The molecule has 0 atom stereocenters. The number of nitrogens with two attached hydrogens (primary N) is 1. The predicted octanol–water partition coefficient (Wildman–Crippen LogP) is 5.48. The minimum Gasteiger partial charge on any atom is -0.382 e. The number of hydrogen-bond donors (Lipinski definition) is 1. The van der Waals surface area contributed by atoms with E-state index in [1.807, 2.05) is 18.3 Å². The summed E-state index contributed by atoms with van der Waals surface area (Å²) < 4.78 is 4.40. The Labute approximate surface area is 245 Å². The third kappa shape index (κ3) is 4.18. The number of anilines is 1. The number of imidazole rings is 2. The highest BCUT2D eigenvalue weighted by Gasteiger charge is 2.38. The number of aromatic nitrogens is 5. The fourth-order valence-electron chi connectivity index (χ4n) is 6.71. The zero-order valence-corrected chi connectivity index (χ0v) is 23.8. The normalized spacial score (nSPS) is 19.8. The van der Waals surface area contributed by atoms with E-state index in [0.29, 0.717) is 17.8 Å². The fourth-order valence-corrected chi connectivity index (χ4v) is 6.71. The van der Waals surface area contributed by atoms with Crippen molar-refractivity contribution < 1.29 is 0 Å². The van der Waals surface area contributed by atoms with Crippen LogP contribution in [-0.2, 0) is 0 Å². The van der Waals surface area contributed by atoms with E-state index in [0.717, 1.165) is 89.7 Å². The van der Waals surface area contributed by atoms with Gasteiger partial charge in [-0.25, -0.2) is 15.0 Å². The molecular formula is C34H34N8. The Bertz CT molecular complexity index is 1880. The lowest BCUT2D eigenvalue weighted by Crippen LogP contribution is -2.52. The highest BCUT2D eigenvalue weighted by Crippen LogP contribution is 2.42. The topological polar surface area (TPSA) is 80.5 Å². The van der Waals surface area contributed by atoms with Crippen molar-refractivity contribution in [2.75, 3.05) is 39.0 Å². The monoisotopic (exact) mass is 554 g/mol. The van der Waals surface area contributed by atoms with Gasteiger partial charge in [0.05, 0.1) is 11.0 Å². The molecule has 3 aromatic carbocycles. The minimum absolute atomic E-state index is 0.406. The maximum Gasteiger partial charge on any atom is 0.150 e. The van der Waals surface area contributed by atoms with Gasteiger partial charge in [0.2, 0.25) is 0 Å². The summed E-state index contributed by atoms with van der Waals surface area (Å²) in [6.45, 7) is 4.60. The Morgan fingerprint density at radius 1 is 0.810 bits per heavy atom. The van der Waals surface area contributed by atoms with Gasteiger partial charge in [0, 0.05) is 67.3 Å². The summed E-state index contributed by atoms with van der Waals surface area (Å²) in [5.74, 6) is 2.90. The molecule has 1 saturated heterocycles. The van der Waals surface area contributed by atoms with Gasteiger partial charge in [-0.1, -0.05) is 54.6 Å². The van der Waals surface area contributed by atoms with Crippen LogP contribution in [0.4, 0.5) is 5.82 Å². The first kappa shape index (κ1) is 25.2. The van der Waals surface area contributed by atoms with Gasteiger partial charge in [-0.15, -0.1) is 0 Å². The van der Waals surface area contributed by atoms with Crippen molar-refractivity contribution in [1.29, 1.82) is 0 Å². The van der Waals surface area contributed by atoms with Crippen LogP contribution in [0.1, 0.15) is 24.6 Å². The average Bonchev–Trinajstić information content (AvgIpc) is 3.58. The largest absolute Gasteiger partial charge is 0.382 e. The number of benzene rings is 3. The van der Waals surface area contributed by atoms with E-state index < -0.39 is 0 Å². The summed E-state index contributed by atoms with van der Waals surface area (Å²) in [6, 6.07) is 27.8. The first-order chi connectivity index (χ1) is 20.6. The van der Waals surface area contributed by atoms with Crippen molar-refractivity contribution >= 4 is 22.4 Å². The van der Waals surface area contributed by atoms with Crippen molar-refractivity contribution in [2.45, 2.75) is 24.8 Å². The molecule has 0 radical (unpaired) electrons. The van der Waals surface area contributed by atoms with E-state index >= 15 is 0 Å². The summed E-state index contributed by atoms with van der Waals surface area (Å²) in [6.07, 6.45) is 6.05. The van der Waals surface area contributed by atoms with Crippen molar-refractivity contribution in [2.24, 2.45) is 0 Å². The zero-order valence-electron chi connectivity index (χ0n) is 23.8.